The zero-order valence-electron chi connectivity index (χ0n) is 22.2. The van der Waals surface area contributed by atoms with Crippen molar-refractivity contribution in [2.45, 2.75) is 104 Å². The van der Waals surface area contributed by atoms with Gasteiger partial charge in [0, 0.05) is 12.5 Å². The Balaban J connectivity index is 2.09. The van der Waals surface area contributed by atoms with Gasteiger partial charge in [0.1, 0.15) is 0 Å². The Labute approximate surface area is 201 Å². The Hall–Kier alpha value is -1.37. The molecule has 1 aliphatic heterocycles. The standard InChI is InChI=1S/C27H44O5Si/c1-10-20(11-2)17-30-27-16-19(4)15-26(18-31-27)22(32-33(8,9)25(5,6)7)13-21(24(26)27)14-23(28)29-12-3/h14-15,17,22,24H,10-13,16,18H2,1-9H3/b21-14+/t22-,24-,26+,27+/m1/s1. The third kappa shape index (κ3) is 4.76. The molecule has 186 valence electrons. The molecule has 0 spiro atoms. The van der Waals surface area contributed by atoms with Gasteiger partial charge in [-0.3, -0.25) is 0 Å². The maximum atomic E-state index is 12.5. The van der Waals surface area contributed by atoms with Gasteiger partial charge in [-0.2, -0.15) is 0 Å². The van der Waals surface area contributed by atoms with Gasteiger partial charge in [-0.05, 0) is 62.4 Å². The van der Waals surface area contributed by atoms with Crippen molar-refractivity contribution in [1.29, 1.82) is 0 Å². The number of esters is 1. The van der Waals surface area contributed by atoms with Crippen LogP contribution < -0.4 is 0 Å². The molecule has 1 saturated heterocycles. The average Bonchev–Trinajstić information content (AvgIpc) is 3.10. The molecular weight excluding hydrogens is 432 g/mol. The number of rotatable bonds is 8. The van der Waals surface area contributed by atoms with Crippen molar-refractivity contribution in [2.75, 3.05) is 13.2 Å². The van der Waals surface area contributed by atoms with Gasteiger partial charge in [-0.15, -0.1) is 0 Å². The minimum Gasteiger partial charge on any atom is -0.469 e. The highest BCUT2D eigenvalue weighted by molar-refractivity contribution is 6.74. The third-order valence-electron chi connectivity index (χ3n) is 8.14. The van der Waals surface area contributed by atoms with Gasteiger partial charge in [0.05, 0.1) is 36.9 Å². The van der Waals surface area contributed by atoms with E-state index in [2.05, 4.69) is 60.7 Å². The zero-order valence-corrected chi connectivity index (χ0v) is 23.2. The summed E-state index contributed by atoms with van der Waals surface area (Å²) in [5.41, 5.74) is 3.21. The SMILES string of the molecule is CCOC(=O)/C=C1\C[C@@H](O[Si](C)(C)C(C)(C)C)[C@]23C=C(C)C[C@](OC=C(CC)CC)(OC2)[C@H]13. The quantitative estimate of drug-likeness (QED) is 0.129. The lowest BCUT2D eigenvalue weighted by atomic mass is 9.68. The highest BCUT2D eigenvalue weighted by Gasteiger charge is 2.69. The van der Waals surface area contributed by atoms with E-state index < -0.39 is 14.1 Å². The summed E-state index contributed by atoms with van der Waals surface area (Å²) in [5.74, 6) is -1.17. The first-order valence-electron chi connectivity index (χ1n) is 12.6. The van der Waals surface area contributed by atoms with Crippen LogP contribution >= 0.6 is 0 Å². The number of carbonyl (C=O) groups excluding carboxylic acids is 1. The van der Waals surface area contributed by atoms with Crippen LogP contribution in [0.5, 0.6) is 0 Å². The molecule has 2 bridgehead atoms. The summed E-state index contributed by atoms with van der Waals surface area (Å²) in [5, 5.41) is 0.0904. The highest BCUT2D eigenvalue weighted by Crippen LogP contribution is 2.65. The van der Waals surface area contributed by atoms with E-state index in [-0.39, 0.29) is 28.4 Å². The van der Waals surface area contributed by atoms with Crippen LogP contribution in [-0.4, -0.2) is 39.4 Å². The van der Waals surface area contributed by atoms with E-state index in [1.165, 1.54) is 11.1 Å². The van der Waals surface area contributed by atoms with Gasteiger partial charge in [0.15, 0.2) is 8.32 Å². The van der Waals surface area contributed by atoms with E-state index in [0.717, 1.165) is 18.4 Å². The van der Waals surface area contributed by atoms with E-state index >= 15 is 0 Å². The number of carbonyl (C=O) groups is 1. The average molecular weight is 477 g/mol. The predicted molar refractivity (Wildman–Crippen MR) is 134 cm³/mol. The number of allylic oxidation sites excluding steroid dienone is 1. The summed E-state index contributed by atoms with van der Waals surface area (Å²) < 4.78 is 25.4. The first-order chi connectivity index (χ1) is 15.3. The van der Waals surface area contributed by atoms with Crippen LogP contribution in [0.15, 0.2) is 35.1 Å². The smallest absolute Gasteiger partial charge is 0.330 e. The van der Waals surface area contributed by atoms with Crippen LogP contribution in [0.3, 0.4) is 0 Å². The van der Waals surface area contributed by atoms with Gasteiger partial charge in [-0.25, -0.2) is 4.79 Å². The fraction of sp³-hybridized carbons (Fsp3) is 0.741. The Morgan fingerprint density at radius 1 is 1.24 bits per heavy atom. The molecule has 1 heterocycles. The minimum atomic E-state index is -2.05. The predicted octanol–water partition coefficient (Wildman–Crippen LogP) is 6.67. The molecule has 0 amide bonds. The first kappa shape index (κ1) is 26.2. The Morgan fingerprint density at radius 3 is 2.48 bits per heavy atom. The molecule has 0 aromatic heterocycles. The Kier molecular flexibility index (Phi) is 7.43. The van der Waals surface area contributed by atoms with Crippen molar-refractivity contribution in [3.8, 4) is 0 Å². The molecule has 1 saturated carbocycles. The van der Waals surface area contributed by atoms with Crippen molar-refractivity contribution >= 4 is 14.3 Å². The zero-order chi connectivity index (χ0) is 24.7. The Morgan fingerprint density at radius 2 is 1.91 bits per heavy atom. The molecule has 0 unspecified atom stereocenters. The third-order valence-corrected chi connectivity index (χ3v) is 12.6. The molecule has 5 nitrogen and oxygen atoms in total. The molecule has 6 heteroatoms. The fourth-order valence-electron chi connectivity index (χ4n) is 5.43. The van der Waals surface area contributed by atoms with E-state index in [0.29, 0.717) is 26.1 Å². The molecule has 0 aromatic rings. The summed E-state index contributed by atoms with van der Waals surface area (Å²) in [6, 6.07) is 0. The topological polar surface area (TPSA) is 54.0 Å². The van der Waals surface area contributed by atoms with Crippen molar-refractivity contribution in [1.82, 2.24) is 0 Å². The molecule has 0 aromatic carbocycles. The molecule has 33 heavy (non-hydrogen) atoms. The van der Waals surface area contributed by atoms with Crippen molar-refractivity contribution in [2.24, 2.45) is 11.3 Å². The van der Waals surface area contributed by atoms with E-state index in [4.69, 9.17) is 18.6 Å². The van der Waals surface area contributed by atoms with E-state index in [1.807, 2.05) is 13.2 Å². The largest absolute Gasteiger partial charge is 0.469 e. The van der Waals surface area contributed by atoms with E-state index in [1.54, 1.807) is 6.08 Å². The lowest BCUT2D eigenvalue weighted by molar-refractivity contribution is -0.193. The van der Waals surface area contributed by atoms with Crippen LogP contribution in [-0.2, 0) is 23.4 Å². The molecule has 3 rings (SSSR count). The summed E-state index contributed by atoms with van der Waals surface area (Å²) in [6.07, 6.45) is 9.17. The maximum Gasteiger partial charge on any atom is 0.330 e. The van der Waals surface area contributed by atoms with Crippen LogP contribution in [0.2, 0.25) is 18.1 Å². The molecular formula is C27H44O5Si. The van der Waals surface area contributed by atoms with Gasteiger partial charge in [-0.1, -0.05) is 46.3 Å². The lowest BCUT2D eigenvalue weighted by Gasteiger charge is -2.44. The minimum absolute atomic E-state index is 0.0504. The summed E-state index contributed by atoms with van der Waals surface area (Å²) in [6.45, 7) is 20.6. The second-order valence-corrected chi connectivity index (χ2v) is 16.2. The van der Waals surface area contributed by atoms with Gasteiger partial charge in [0.25, 0.3) is 0 Å². The lowest BCUT2D eigenvalue weighted by Crippen LogP contribution is -2.50. The van der Waals surface area contributed by atoms with Crippen LogP contribution in [0.25, 0.3) is 0 Å². The monoisotopic (exact) mass is 476 g/mol. The van der Waals surface area contributed by atoms with Crippen molar-refractivity contribution < 1.29 is 23.4 Å². The number of hydrogen-bond donors (Lipinski definition) is 0. The molecule has 3 aliphatic rings. The molecule has 2 fully saturated rings. The number of ether oxygens (including phenoxy) is 3. The summed E-state index contributed by atoms with van der Waals surface area (Å²) >= 11 is 0. The maximum absolute atomic E-state index is 12.5. The molecule has 2 aliphatic carbocycles. The molecule has 0 radical (unpaired) electrons. The molecule has 4 atom stereocenters. The second kappa shape index (κ2) is 9.35. The first-order valence-corrected chi connectivity index (χ1v) is 15.5. The fourth-order valence-corrected chi connectivity index (χ4v) is 6.79. The van der Waals surface area contributed by atoms with Crippen LogP contribution in [0, 0.1) is 11.3 Å². The van der Waals surface area contributed by atoms with Gasteiger partial charge >= 0.3 is 5.97 Å². The normalized spacial score (nSPS) is 32.4. The van der Waals surface area contributed by atoms with Crippen molar-refractivity contribution in [3.05, 3.63) is 35.1 Å². The van der Waals surface area contributed by atoms with Crippen LogP contribution in [0.4, 0.5) is 0 Å². The second-order valence-electron chi connectivity index (χ2n) is 11.5. The van der Waals surface area contributed by atoms with E-state index in [9.17, 15) is 4.79 Å². The Bertz CT molecular complexity index is 843. The molecule has 0 N–H and O–H groups in total. The van der Waals surface area contributed by atoms with Crippen LogP contribution in [0.1, 0.15) is 74.1 Å². The van der Waals surface area contributed by atoms with Crippen molar-refractivity contribution in [3.63, 3.8) is 0 Å². The number of hydrogen-bond acceptors (Lipinski definition) is 5. The summed E-state index contributed by atoms with van der Waals surface area (Å²) in [4.78, 5) is 12.5. The van der Waals surface area contributed by atoms with Gasteiger partial charge in [0.2, 0.25) is 5.79 Å². The highest BCUT2D eigenvalue weighted by atomic mass is 28.4. The van der Waals surface area contributed by atoms with Gasteiger partial charge < -0.3 is 18.6 Å². The summed E-state index contributed by atoms with van der Waals surface area (Å²) in [7, 11) is -2.05.